The van der Waals surface area contributed by atoms with Crippen molar-refractivity contribution in [2.75, 3.05) is 0 Å². The number of hydrogen-bond donors (Lipinski definition) is 1. The van der Waals surface area contributed by atoms with Crippen molar-refractivity contribution in [1.29, 1.82) is 0 Å². The molecule has 144 valence electrons. The molecule has 2 aromatic carbocycles. The van der Waals surface area contributed by atoms with Gasteiger partial charge in [-0.25, -0.2) is 4.68 Å². The Labute approximate surface area is 160 Å². The van der Waals surface area contributed by atoms with E-state index in [2.05, 4.69) is 5.10 Å². The Morgan fingerprint density at radius 2 is 1.68 bits per heavy atom. The molecule has 1 atom stereocenters. The Bertz CT molecular complexity index is 1140. The predicted molar refractivity (Wildman–Crippen MR) is 105 cm³/mol. The summed E-state index contributed by atoms with van der Waals surface area (Å²) in [5, 5.41) is 2.81. The lowest BCUT2D eigenvalue weighted by atomic mass is 10.0. The zero-order valence-corrected chi connectivity index (χ0v) is 15.6. The number of ketones is 1. The number of aromatic amines is 1. The molecule has 3 aromatic rings. The van der Waals surface area contributed by atoms with E-state index in [0.717, 1.165) is 16.7 Å². The van der Waals surface area contributed by atoms with Crippen LogP contribution < -0.4 is 11.1 Å². The van der Waals surface area contributed by atoms with Crippen LogP contribution >= 0.6 is 0 Å². The molecule has 0 aliphatic rings. The van der Waals surface area contributed by atoms with Crippen LogP contribution in [0.4, 0.5) is 0 Å². The number of ether oxygens (including phenoxy) is 1. The summed E-state index contributed by atoms with van der Waals surface area (Å²) in [5.74, 6) is -1.13. The van der Waals surface area contributed by atoms with E-state index in [1.807, 2.05) is 19.1 Å². The van der Waals surface area contributed by atoms with Gasteiger partial charge in [0.25, 0.3) is 11.1 Å². The van der Waals surface area contributed by atoms with Gasteiger partial charge in [-0.05, 0) is 31.0 Å². The summed E-state index contributed by atoms with van der Waals surface area (Å²) in [7, 11) is 0. The van der Waals surface area contributed by atoms with Crippen molar-refractivity contribution < 1.29 is 14.3 Å². The van der Waals surface area contributed by atoms with Gasteiger partial charge in [0.05, 0.1) is 10.8 Å². The number of nitrogens with one attached hydrogen (secondary N) is 1. The van der Waals surface area contributed by atoms with Crippen LogP contribution in [0.5, 0.6) is 0 Å². The highest BCUT2D eigenvalue weighted by Crippen LogP contribution is 2.10. The number of carbonyl (C=O) groups excluding carboxylic acids is 2. The number of H-pyrrole nitrogens is 1. The topological polar surface area (TPSA) is 98.2 Å². The summed E-state index contributed by atoms with van der Waals surface area (Å²) in [5.41, 5.74) is 0.541. The van der Waals surface area contributed by atoms with Crippen LogP contribution in [0.25, 0.3) is 10.8 Å². The minimum absolute atomic E-state index is 0.208. The molecule has 0 radical (unpaired) electrons. The van der Waals surface area contributed by atoms with Crippen molar-refractivity contribution in [3.63, 3.8) is 0 Å². The lowest BCUT2D eigenvalue weighted by Gasteiger charge is -2.13. The molecule has 1 N–H and O–H groups in total. The Morgan fingerprint density at radius 1 is 1.04 bits per heavy atom. The normalized spacial score (nSPS) is 11.9. The van der Waals surface area contributed by atoms with Gasteiger partial charge in [0.2, 0.25) is 5.78 Å². The van der Waals surface area contributed by atoms with Gasteiger partial charge in [0.15, 0.2) is 6.10 Å². The smallest absolute Gasteiger partial charge is 0.328 e. The molecule has 1 heterocycles. The average molecular weight is 380 g/mol. The zero-order chi connectivity index (χ0) is 20.3. The zero-order valence-electron chi connectivity index (χ0n) is 15.6. The number of carbonyl (C=O) groups is 2. The highest BCUT2D eigenvalue weighted by atomic mass is 16.5. The first kappa shape index (κ1) is 19.3. The maximum absolute atomic E-state index is 12.4. The molecule has 7 nitrogen and oxygen atoms in total. The fourth-order valence-electron chi connectivity index (χ4n) is 2.91. The molecule has 0 aliphatic carbocycles. The highest BCUT2D eigenvalue weighted by Gasteiger charge is 2.20. The SMILES string of the molecule is CCc1ccc(C(=O)C(C)OC(=O)Cn2[nH]c(=O)c3ccccc3c2=O)cc1. The molecule has 0 aliphatic heterocycles. The third-order valence-corrected chi connectivity index (χ3v) is 4.50. The van der Waals surface area contributed by atoms with Gasteiger partial charge in [-0.1, -0.05) is 43.3 Å². The minimum Gasteiger partial charge on any atom is -0.453 e. The number of esters is 1. The van der Waals surface area contributed by atoms with E-state index in [4.69, 9.17) is 4.74 Å². The number of nitrogens with zero attached hydrogens (tertiary/aromatic N) is 1. The van der Waals surface area contributed by atoms with E-state index in [1.54, 1.807) is 24.3 Å². The molecule has 28 heavy (non-hydrogen) atoms. The maximum atomic E-state index is 12.4. The molecule has 0 saturated heterocycles. The predicted octanol–water partition coefficient (Wildman–Crippen LogP) is 2.07. The van der Waals surface area contributed by atoms with Crippen LogP contribution in [0.1, 0.15) is 29.8 Å². The van der Waals surface area contributed by atoms with E-state index in [-0.39, 0.29) is 16.6 Å². The Balaban J connectivity index is 1.74. The molecule has 0 fully saturated rings. The number of benzene rings is 2. The van der Waals surface area contributed by atoms with E-state index in [9.17, 15) is 19.2 Å². The summed E-state index contributed by atoms with van der Waals surface area (Å²) in [6.07, 6.45) is -0.152. The van der Waals surface area contributed by atoms with Gasteiger partial charge in [0, 0.05) is 5.56 Å². The lowest BCUT2D eigenvalue weighted by Crippen LogP contribution is -2.34. The molecule has 0 bridgehead atoms. The van der Waals surface area contributed by atoms with Gasteiger partial charge in [0.1, 0.15) is 6.54 Å². The van der Waals surface area contributed by atoms with Crippen molar-refractivity contribution in [1.82, 2.24) is 9.78 Å². The first-order valence-corrected chi connectivity index (χ1v) is 8.95. The van der Waals surface area contributed by atoms with E-state index >= 15 is 0 Å². The summed E-state index contributed by atoms with van der Waals surface area (Å²) >= 11 is 0. The van der Waals surface area contributed by atoms with Crippen molar-refractivity contribution in [3.05, 3.63) is 80.4 Å². The largest absolute Gasteiger partial charge is 0.453 e. The Morgan fingerprint density at radius 3 is 2.32 bits per heavy atom. The number of Topliss-reactive ketones (excluding diaryl/α,β-unsaturated/α-hetero) is 1. The summed E-state index contributed by atoms with van der Waals surface area (Å²) in [6, 6.07) is 13.4. The fraction of sp³-hybridized carbons (Fsp3) is 0.238. The number of rotatable bonds is 6. The summed E-state index contributed by atoms with van der Waals surface area (Å²) in [4.78, 5) is 49.1. The minimum atomic E-state index is -1.01. The molecule has 3 rings (SSSR count). The Kier molecular flexibility index (Phi) is 5.54. The number of aryl methyl sites for hydroxylation is 1. The second-order valence-electron chi connectivity index (χ2n) is 6.42. The third kappa shape index (κ3) is 3.93. The Hall–Kier alpha value is -3.48. The van der Waals surface area contributed by atoms with E-state index in [1.165, 1.54) is 19.1 Å². The molecule has 1 aromatic heterocycles. The van der Waals surface area contributed by atoms with Gasteiger partial charge in [-0.3, -0.25) is 24.3 Å². The van der Waals surface area contributed by atoms with Crippen LogP contribution in [0.15, 0.2) is 58.1 Å². The van der Waals surface area contributed by atoms with Gasteiger partial charge in [-0.2, -0.15) is 0 Å². The van der Waals surface area contributed by atoms with Crippen LogP contribution in [-0.4, -0.2) is 27.6 Å². The monoisotopic (exact) mass is 380 g/mol. The first-order chi connectivity index (χ1) is 13.4. The average Bonchev–Trinajstić information content (AvgIpc) is 2.71. The standard InChI is InChI=1S/C21H20N2O5/c1-3-14-8-10-15(11-9-14)19(25)13(2)28-18(24)12-23-21(27)17-7-5-4-6-16(17)20(26)22-23/h4-11,13H,3,12H2,1-2H3,(H,22,26). The molecule has 7 heteroatoms. The van der Waals surface area contributed by atoms with E-state index in [0.29, 0.717) is 5.56 Å². The third-order valence-electron chi connectivity index (χ3n) is 4.50. The second-order valence-corrected chi connectivity index (χ2v) is 6.42. The van der Waals surface area contributed by atoms with Crippen molar-refractivity contribution in [2.24, 2.45) is 0 Å². The van der Waals surface area contributed by atoms with Gasteiger partial charge in [-0.15, -0.1) is 0 Å². The molecule has 0 amide bonds. The van der Waals surface area contributed by atoms with Crippen LogP contribution in [0, 0.1) is 0 Å². The van der Waals surface area contributed by atoms with Gasteiger partial charge < -0.3 is 4.74 Å². The fourth-order valence-corrected chi connectivity index (χ4v) is 2.91. The molecular formula is C21H20N2O5. The first-order valence-electron chi connectivity index (χ1n) is 8.95. The molecule has 1 unspecified atom stereocenters. The van der Waals surface area contributed by atoms with Crippen molar-refractivity contribution in [3.8, 4) is 0 Å². The van der Waals surface area contributed by atoms with Gasteiger partial charge >= 0.3 is 5.97 Å². The van der Waals surface area contributed by atoms with Crippen molar-refractivity contribution in [2.45, 2.75) is 32.9 Å². The van der Waals surface area contributed by atoms with E-state index < -0.39 is 29.7 Å². The molecule has 0 saturated carbocycles. The summed E-state index contributed by atoms with van der Waals surface area (Å²) < 4.78 is 6.05. The molecular weight excluding hydrogens is 360 g/mol. The maximum Gasteiger partial charge on any atom is 0.328 e. The number of fused-ring (bicyclic) bond motifs is 1. The second kappa shape index (κ2) is 8.04. The molecule has 0 spiro atoms. The van der Waals surface area contributed by atoms with Crippen LogP contribution in [-0.2, 0) is 22.5 Å². The van der Waals surface area contributed by atoms with Crippen molar-refractivity contribution >= 4 is 22.5 Å². The summed E-state index contributed by atoms with van der Waals surface area (Å²) in [6.45, 7) is 2.99. The number of hydrogen-bond acceptors (Lipinski definition) is 5. The highest BCUT2D eigenvalue weighted by molar-refractivity contribution is 6.00. The quantitative estimate of drug-likeness (QED) is 0.521. The van der Waals surface area contributed by atoms with Crippen LogP contribution in [0.3, 0.4) is 0 Å². The lowest BCUT2D eigenvalue weighted by molar-refractivity contribution is -0.147. The van der Waals surface area contributed by atoms with Crippen LogP contribution in [0.2, 0.25) is 0 Å². The number of aromatic nitrogens is 2.